The second-order valence-corrected chi connectivity index (χ2v) is 5.86. The van der Waals surface area contributed by atoms with Gasteiger partial charge < -0.3 is 14.2 Å². The van der Waals surface area contributed by atoms with Crippen LogP contribution >= 0.6 is 0 Å². The summed E-state index contributed by atoms with van der Waals surface area (Å²) in [6, 6.07) is 9.19. The lowest BCUT2D eigenvalue weighted by Crippen LogP contribution is -2.21. The summed E-state index contributed by atoms with van der Waals surface area (Å²) in [7, 11) is 0. The number of nitrogens with zero attached hydrogens (tertiary/aromatic N) is 3. The maximum absolute atomic E-state index is 13.6. The molecule has 0 radical (unpaired) electrons. The zero-order valence-corrected chi connectivity index (χ0v) is 14.1. The topological polar surface area (TPSA) is 81.2 Å². The first-order chi connectivity index (χ1) is 13.0. The first kappa shape index (κ1) is 16.9. The maximum Gasteiger partial charge on any atom is 0.267 e. The quantitative estimate of drug-likeness (QED) is 0.595. The lowest BCUT2D eigenvalue weighted by Gasteiger charge is -2.11. The first-order valence-corrected chi connectivity index (χ1v) is 8.14. The summed E-state index contributed by atoms with van der Waals surface area (Å²) >= 11 is 0. The van der Waals surface area contributed by atoms with Crippen molar-refractivity contribution in [3.63, 3.8) is 0 Å². The number of halogens is 2. The number of aryl methyl sites for hydroxylation is 1. The van der Waals surface area contributed by atoms with Crippen molar-refractivity contribution in [2.45, 2.75) is 13.5 Å². The Morgan fingerprint density at radius 1 is 1.11 bits per heavy atom. The molecule has 0 spiro atoms. The summed E-state index contributed by atoms with van der Waals surface area (Å²) in [6.45, 7) is 1.98. The highest BCUT2D eigenvalue weighted by atomic mass is 19.1. The van der Waals surface area contributed by atoms with Gasteiger partial charge in [0.15, 0.2) is 0 Å². The Hall–Kier alpha value is -3.55. The molecule has 4 rings (SSSR count). The van der Waals surface area contributed by atoms with Crippen molar-refractivity contribution in [3.8, 4) is 28.6 Å². The number of hydrogen-bond donors (Lipinski definition) is 1. The van der Waals surface area contributed by atoms with Gasteiger partial charge in [0.2, 0.25) is 5.82 Å². The van der Waals surface area contributed by atoms with Crippen molar-refractivity contribution in [2.24, 2.45) is 0 Å². The number of rotatable bonds is 3. The molecule has 2 aromatic heterocycles. The Morgan fingerprint density at radius 3 is 2.52 bits per heavy atom. The Balaban J connectivity index is 1.93. The van der Waals surface area contributed by atoms with Crippen LogP contribution in [0.25, 0.3) is 33.7 Å². The molecule has 6 nitrogen and oxygen atoms in total. The van der Waals surface area contributed by atoms with E-state index < -0.39 is 17.2 Å². The highest BCUT2D eigenvalue weighted by Crippen LogP contribution is 2.33. The van der Waals surface area contributed by atoms with Crippen molar-refractivity contribution in [3.05, 3.63) is 64.5 Å². The molecule has 0 fully saturated rings. The van der Waals surface area contributed by atoms with Crippen LogP contribution in [0, 0.1) is 11.6 Å². The molecule has 0 amide bonds. The fourth-order valence-corrected chi connectivity index (χ4v) is 2.96. The van der Waals surface area contributed by atoms with Crippen LogP contribution in [0.1, 0.15) is 6.92 Å². The average molecular weight is 369 g/mol. The molecule has 1 N–H and O–H groups in total. The van der Waals surface area contributed by atoms with Crippen molar-refractivity contribution in [2.75, 3.05) is 0 Å². The standard InChI is InChI=1S/C19H13F2N3O3/c1-2-24-14-9-12(21)7-8-13(14)16(25)15(19(24)26)18-22-17(23-27-18)10-3-5-11(20)6-4-10/h3-9,25H,2H2,1H3. The smallest absolute Gasteiger partial charge is 0.267 e. The molecule has 0 aliphatic rings. The number of hydrogen-bond acceptors (Lipinski definition) is 5. The van der Waals surface area contributed by atoms with Crippen LogP contribution < -0.4 is 5.56 Å². The molecule has 0 atom stereocenters. The Bertz CT molecular complexity index is 1210. The van der Waals surface area contributed by atoms with Crippen molar-refractivity contribution < 1.29 is 18.4 Å². The number of aromatic nitrogens is 3. The van der Waals surface area contributed by atoms with E-state index in [1.54, 1.807) is 6.92 Å². The van der Waals surface area contributed by atoms with Gasteiger partial charge in [0.25, 0.3) is 11.4 Å². The van der Waals surface area contributed by atoms with Crippen molar-refractivity contribution in [1.82, 2.24) is 14.7 Å². The number of fused-ring (bicyclic) bond motifs is 1. The van der Waals surface area contributed by atoms with Gasteiger partial charge in [-0.25, -0.2) is 8.78 Å². The number of benzene rings is 2. The zero-order chi connectivity index (χ0) is 19.1. The normalized spacial score (nSPS) is 11.2. The van der Waals surface area contributed by atoms with Gasteiger partial charge in [-0.05, 0) is 49.4 Å². The largest absolute Gasteiger partial charge is 0.506 e. The monoisotopic (exact) mass is 369 g/mol. The van der Waals surface area contributed by atoms with E-state index in [-0.39, 0.29) is 40.5 Å². The van der Waals surface area contributed by atoms with E-state index in [9.17, 15) is 18.7 Å². The van der Waals surface area contributed by atoms with Crippen LogP contribution in [-0.4, -0.2) is 19.8 Å². The molecule has 2 aromatic carbocycles. The van der Waals surface area contributed by atoms with E-state index in [2.05, 4.69) is 10.1 Å². The third kappa shape index (κ3) is 2.75. The molecule has 0 saturated carbocycles. The maximum atomic E-state index is 13.6. The van der Waals surface area contributed by atoms with Crippen LogP contribution in [0.5, 0.6) is 5.75 Å². The summed E-state index contributed by atoms with van der Waals surface area (Å²) in [4.78, 5) is 17.0. The van der Waals surface area contributed by atoms with E-state index >= 15 is 0 Å². The summed E-state index contributed by atoms with van der Waals surface area (Å²) in [5.41, 5.74) is 0.00539. The van der Waals surface area contributed by atoms with E-state index in [0.29, 0.717) is 5.56 Å². The third-order valence-corrected chi connectivity index (χ3v) is 4.26. The van der Waals surface area contributed by atoms with E-state index in [0.717, 1.165) is 0 Å². The van der Waals surface area contributed by atoms with Crippen LogP contribution in [0.2, 0.25) is 0 Å². The fourth-order valence-electron chi connectivity index (χ4n) is 2.96. The lowest BCUT2D eigenvalue weighted by atomic mass is 10.1. The van der Waals surface area contributed by atoms with Gasteiger partial charge in [0.05, 0.1) is 5.52 Å². The molecule has 27 heavy (non-hydrogen) atoms. The molecule has 2 heterocycles. The number of aromatic hydroxyl groups is 1. The molecule has 136 valence electrons. The molecule has 0 saturated heterocycles. The summed E-state index contributed by atoms with van der Waals surface area (Å²) in [5, 5.41) is 14.7. The second kappa shape index (κ2) is 6.31. The third-order valence-electron chi connectivity index (χ3n) is 4.26. The van der Waals surface area contributed by atoms with Crippen LogP contribution in [0.15, 0.2) is 51.8 Å². The molecule has 0 aliphatic heterocycles. The van der Waals surface area contributed by atoms with Crippen LogP contribution in [0.4, 0.5) is 8.78 Å². The minimum atomic E-state index is -0.581. The molecular weight excluding hydrogens is 356 g/mol. The Labute approximate surface area is 151 Å². The van der Waals surface area contributed by atoms with E-state index in [1.807, 2.05) is 0 Å². The van der Waals surface area contributed by atoms with Gasteiger partial charge in [0.1, 0.15) is 22.9 Å². The molecular formula is C19H13F2N3O3. The van der Waals surface area contributed by atoms with Crippen LogP contribution in [-0.2, 0) is 6.54 Å². The first-order valence-electron chi connectivity index (χ1n) is 8.14. The van der Waals surface area contributed by atoms with Gasteiger partial charge in [-0.1, -0.05) is 5.16 Å². The highest BCUT2D eigenvalue weighted by molar-refractivity contribution is 5.91. The van der Waals surface area contributed by atoms with Gasteiger partial charge in [0, 0.05) is 17.5 Å². The van der Waals surface area contributed by atoms with Crippen LogP contribution in [0.3, 0.4) is 0 Å². The van der Waals surface area contributed by atoms with Gasteiger partial charge in [-0.15, -0.1) is 0 Å². The highest BCUT2D eigenvalue weighted by Gasteiger charge is 2.23. The average Bonchev–Trinajstić information content (AvgIpc) is 3.12. The summed E-state index contributed by atoms with van der Waals surface area (Å²) in [6.07, 6.45) is 0. The summed E-state index contributed by atoms with van der Waals surface area (Å²) in [5.74, 6) is -1.33. The molecule has 4 aromatic rings. The Morgan fingerprint density at radius 2 is 1.81 bits per heavy atom. The van der Waals surface area contributed by atoms with Gasteiger partial charge in [-0.3, -0.25) is 4.79 Å². The van der Waals surface area contributed by atoms with Gasteiger partial charge >= 0.3 is 0 Å². The van der Waals surface area contributed by atoms with E-state index in [4.69, 9.17) is 4.52 Å². The predicted octanol–water partition coefficient (Wildman–Crippen LogP) is 3.72. The minimum absolute atomic E-state index is 0.144. The predicted molar refractivity (Wildman–Crippen MR) is 94.2 cm³/mol. The Kier molecular flexibility index (Phi) is 3.95. The van der Waals surface area contributed by atoms with Crippen molar-refractivity contribution >= 4 is 10.9 Å². The van der Waals surface area contributed by atoms with Gasteiger partial charge in [-0.2, -0.15) is 4.98 Å². The SMILES string of the molecule is CCn1c(=O)c(-c2nc(-c3ccc(F)cc3)no2)c(O)c2ccc(F)cc21. The molecule has 0 unspecified atom stereocenters. The fraction of sp³-hybridized carbons (Fsp3) is 0.105. The minimum Gasteiger partial charge on any atom is -0.506 e. The van der Waals surface area contributed by atoms with Crippen molar-refractivity contribution in [1.29, 1.82) is 0 Å². The zero-order valence-electron chi connectivity index (χ0n) is 14.1. The lowest BCUT2D eigenvalue weighted by molar-refractivity contribution is 0.425. The van der Waals surface area contributed by atoms with E-state index in [1.165, 1.54) is 47.0 Å². The second-order valence-electron chi connectivity index (χ2n) is 5.86. The molecule has 8 heteroatoms. The molecule has 0 aliphatic carbocycles. The summed E-state index contributed by atoms with van der Waals surface area (Å²) < 4.78 is 33.1. The number of pyridine rings is 1. The molecule has 0 bridgehead atoms.